The van der Waals surface area contributed by atoms with Crippen LogP contribution in [0.1, 0.15) is 50.1 Å². The molecule has 1 saturated heterocycles. The van der Waals surface area contributed by atoms with Crippen molar-refractivity contribution in [3.63, 3.8) is 0 Å². The van der Waals surface area contributed by atoms with Crippen LogP contribution in [0.25, 0.3) is 0 Å². The monoisotopic (exact) mass is 288 g/mol. The number of carbonyl (C=O) groups excluding carboxylic acids is 1. The summed E-state index contributed by atoms with van der Waals surface area (Å²) in [4.78, 5) is 12.2. The van der Waals surface area contributed by atoms with Gasteiger partial charge in [-0.1, -0.05) is 24.6 Å². The van der Waals surface area contributed by atoms with Crippen LogP contribution in [0.4, 0.5) is 0 Å². The van der Waals surface area contributed by atoms with E-state index in [-0.39, 0.29) is 11.9 Å². The third-order valence-corrected chi connectivity index (χ3v) is 4.43. The number of nitrogens with one attached hydrogen (secondary N) is 2. The number of ether oxygens (including phenoxy) is 1. The molecule has 0 radical (unpaired) electrons. The molecule has 2 unspecified atom stereocenters. The molecule has 0 spiro atoms. The fraction of sp³-hybridized carbons (Fsp3) is 0.588. The van der Waals surface area contributed by atoms with Crippen LogP contribution in [0.5, 0.6) is 5.75 Å². The molecule has 0 aromatic heterocycles. The van der Waals surface area contributed by atoms with Crippen molar-refractivity contribution < 1.29 is 9.53 Å². The number of carbonyl (C=O) groups is 1. The highest BCUT2D eigenvalue weighted by Gasteiger charge is 2.23. The van der Waals surface area contributed by atoms with Crippen LogP contribution in [0.3, 0.4) is 0 Å². The molecular formula is C17H24N2O2. The normalized spacial score (nSPS) is 24.8. The molecule has 2 N–H and O–H groups in total. The minimum atomic E-state index is 0.0989. The quantitative estimate of drug-likeness (QED) is 0.895. The lowest BCUT2D eigenvalue weighted by atomic mass is 9.98. The highest BCUT2D eigenvalue weighted by atomic mass is 16.5. The highest BCUT2D eigenvalue weighted by Crippen LogP contribution is 2.31. The van der Waals surface area contributed by atoms with Gasteiger partial charge < -0.3 is 15.4 Å². The van der Waals surface area contributed by atoms with Gasteiger partial charge in [-0.2, -0.15) is 0 Å². The van der Waals surface area contributed by atoms with E-state index in [1.807, 2.05) is 24.3 Å². The summed E-state index contributed by atoms with van der Waals surface area (Å²) >= 11 is 0. The number of fused-ring (bicyclic) bond motifs is 1. The predicted octanol–water partition coefficient (Wildman–Crippen LogP) is 2.55. The van der Waals surface area contributed by atoms with Crippen molar-refractivity contribution in [3.8, 4) is 5.75 Å². The first-order chi connectivity index (χ1) is 10.3. The van der Waals surface area contributed by atoms with Crippen LogP contribution in [-0.2, 0) is 4.79 Å². The van der Waals surface area contributed by atoms with E-state index in [0.29, 0.717) is 19.1 Å². The Morgan fingerprint density at radius 3 is 3.05 bits per heavy atom. The Bertz CT molecular complexity index is 483. The summed E-state index contributed by atoms with van der Waals surface area (Å²) in [6, 6.07) is 8.60. The lowest BCUT2D eigenvalue weighted by Gasteiger charge is -2.27. The van der Waals surface area contributed by atoms with Crippen LogP contribution in [0.15, 0.2) is 24.3 Å². The fourth-order valence-electron chi connectivity index (χ4n) is 3.23. The smallest absolute Gasteiger partial charge is 0.220 e. The predicted molar refractivity (Wildman–Crippen MR) is 82.3 cm³/mol. The Morgan fingerprint density at radius 2 is 2.19 bits per heavy atom. The molecule has 4 nitrogen and oxygen atoms in total. The van der Waals surface area contributed by atoms with E-state index >= 15 is 0 Å². The number of amides is 1. The van der Waals surface area contributed by atoms with Crippen molar-refractivity contribution in [3.05, 3.63) is 29.8 Å². The second kappa shape index (κ2) is 6.94. The Labute approximate surface area is 126 Å². The molecule has 1 aromatic carbocycles. The van der Waals surface area contributed by atoms with Gasteiger partial charge >= 0.3 is 0 Å². The maximum atomic E-state index is 12.2. The zero-order valence-corrected chi connectivity index (χ0v) is 12.4. The molecule has 0 saturated carbocycles. The summed E-state index contributed by atoms with van der Waals surface area (Å²) in [5.41, 5.74) is 1.10. The minimum absolute atomic E-state index is 0.0989. The summed E-state index contributed by atoms with van der Waals surface area (Å²) in [6.07, 6.45) is 6.15. The van der Waals surface area contributed by atoms with Gasteiger partial charge in [0, 0.05) is 24.4 Å². The van der Waals surface area contributed by atoms with Crippen LogP contribution in [0.2, 0.25) is 0 Å². The summed E-state index contributed by atoms with van der Waals surface area (Å²) in [5, 5.41) is 6.66. The molecule has 21 heavy (non-hydrogen) atoms. The van der Waals surface area contributed by atoms with Gasteiger partial charge in [-0.05, 0) is 31.9 Å². The van der Waals surface area contributed by atoms with E-state index in [1.165, 1.54) is 19.3 Å². The topological polar surface area (TPSA) is 50.4 Å². The molecule has 2 aliphatic rings. The molecule has 2 atom stereocenters. The Hall–Kier alpha value is -1.55. The summed E-state index contributed by atoms with van der Waals surface area (Å²) in [6.45, 7) is 1.77. The minimum Gasteiger partial charge on any atom is -0.493 e. The van der Waals surface area contributed by atoms with E-state index in [0.717, 1.165) is 30.7 Å². The van der Waals surface area contributed by atoms with Crippen LogP contribution >= 0.6 is 0 Å². The van der Waals surface area contributed by atoms with Gasteiger partial charge in [0.2, 0.25) is 5.91 Å². The molecule has 4 heteroatoms. The Balaban J connectivity index is 1.51. The lowest BCUT2D eigenvalue weighted by Crippen LogP contribution is -2.36. The summed E-state index contributed by atoms with van der Waals surface area (Å²) in [7, 11) is 0. The first-order valence-corrected chi connectivity index (χ1v) is 8.07. The first-order valence-electron chi connectivity index (χ1n) is 8.07. The Kier molecular flexibility index (Phi) is 4.76. The van der Waals surface area contributed by atoms with Gasteiger partial charge in [0.05, 0.1) is 12.6 Å². The molecule has 2 heterocycles. The SMILES string of the molecule is O=C(CCC1CCCCN1)NC1CCOc2ccccc21. The summed E-state index contributed by atoms with van der Waals surface area (Å²) < 4.78 is 5.63. The number of hydrogen-bond acceptors (Lipinski definition) is 3. The maximum Gasteiger partial charge on any atom is 0.220 e. The molecule has 0 bridgehead atoms. The molecule has 2 aliphatic heterocycles. The van der Waals surface area contributed by atoms with E-state index in [9.17, 15) is 4.79 Å². The van der Waals surface area contributed by atoms with Crippen molar-refractivity contribution in [1.29, 1.82) is 0 Å². The standard InChI is InChI=1S/C17H24N2O2/c20-17(9-8-13-5-3-4-11-18-13)19-15-10-12-21-16-7-2-1-6-14(15)16/h1-2,6-7,13,15,18H,3-5,8-12H2,(H,19,20). The van der Waals surface area contributed by atoms with Crippen LogP contribution in [-0.4, -0.2) is 25.1 Å². The molecular weight excluding hydrogens is 264 g/mol. The third-order valence-electron chi connectivity index (χ3n) is 4.43. The van der Waals surface area contributed by atoms with Gasteiger partial charge in [-0.15, -0.1) is 0 Å². The van der Waals surface area contributed by atoms with Crippen molar-refractivity contribution in [2.24, 2.45) is 0 Å². The van der Waals surface area contributed by atoms with Crippen molar-refractivity contribution in [2.75, 3.05) is 13.2 Å². The number of piperidine rings is 1. The number of hydrogen-bond donors (Lipinski definition) is 2. The maximum absolute atomic E-state index is 12.2. The molecule has 114 valence electrons. The van der Waals surface area contributed by atoms with E-state index in [2.05, 4.69) is 10.6 Å². The fourth-order valence-corrected chi connectivity index (χ4v) is 3.23. The number of benzene rings is 1. The van der Waals surface area contributed by atoms with Gasteiger partial charge in [0.25, 0.3) is 0 Å². The second-order valence-electron chi connectivity index (χ2n) is 5.98. The van der Waals surface area contributed by atoms with Gasteiger partial charge in [0.15, 0.2) is 0 Å². The largest absolute Gasteiger partial charge is 0.493 e. The first kappa shape index (κ1) is 14.4. The molecule has 1 fully saturated rings. The highest BCUT2D eigenvalue weighted by molar-refractivity contribution is 5.76. The summed E-state index contributed by atoms with van der Waals surface area (Å²) in [5.74, 6) is 1.06. The zero-order chi connectivity index (χ0) is 14.5. The van der Waals surface area contributed by atoms with E-state index in [1.54, 1.807) is 0 Å². The number of rotatable bonds is 4. The van der Waals surface area contributed by atoms with E-state index < -0.39 is 0 Å². The third kappa shape index (κ3) is 3.76. The lowest BCUT2D eigenvalue weighted by molar-refractivity contribution is -0.122. The van der Waals surface area contributed by atoms with E-state index in [4.69, 9.17) is 4.74 Å². The molecule has 0 aliphatic carbocycles. The van der Waals surface area contributed by atoms with Crippen molar-refractivity contribution in [2.45, 2.75) is 50.6 Å². The Morgan fingerprint density at radius 1 is 1.29 bits per heavy atom. The zero-order valence-electron chi connectivity index (χ0n) is 12.4. The molecule has 1 aromatic rings. The van der Waals surface area contributed by atoms with Gasteiger partial charge in [0.1, 0.15) is 5.75 Å². The van der Waals surface area contributed by atoms with Crippen LogP contribution < -0.4 is 15.4 Å². The molecule has 1 amide bonds. The average molecular weight is 288 g/mol. The van der Waals surface area contributed by atoms with Crippen LogP contribution in [0, 0.1) is 0 Å². The van der Waals surface area contributed by atoms with Crippen molar-refractivity contribution >= 4 is 5.91 Å². The van der Waals surface area contributed by atoms with Crippen molar-refractivity contribution in [1.82, 2.24) is 10.6 Å². The van der Waals surface area contributed by atoms with Gasteiger partial charge in [-0.25, -0.2) is 0 Å². The second-order valence-corrected chi connectivity index (χ2v) is 5.98. The average Bonchev–Trinajstić information content (AvgIpc) is 2.54. The molecule has 3 rings (SSSR count). The number of para-hydroxylation sites is 1. The van der Waals surface area contributed by atoms with Gasteiger partial charge in [-0.3, -0.25) is 4.79 Å².